The predicted octanol–water partition coefficient (Wildman–Crippen LogP) is 2.84. The Hall–Kier alpha value is -1.81. The lowest BCUT2D eigenvalue weighted by Crippen LogP contribution is -2.10. The Kier molecular flexibility index (Phi) is 6.68. The maximum atomic E-state index is 10.5. The van der Waals surface area contributed by atoms with Gasteiger partial charge in [0.2, 0.25) is 0 Å². The largest absolute Gasteiger partial charge is 0.491 e. The summed E-state index contributed by atoms with van der Waals surface area (Å²) in [7, 11) is 0. The van der Waals surface area contributed by atoms with Gasteiger partial charge in [-0.3, -0.25) is 0 Å². The van der Waals surface area contributed by atoms with E-state index in [9.17, 15) is 4.79 Å². The minimum atomic E-state index is -0.977. The van der Waals surface area contributed by atoms with Gasteiger partial charge in [-0.25, -0.2) is 4.79 Å². The van der Waals surface area contributed by atoms with Gasteiger partial charge in [-0.1, -0.05) is 32.0 Å². The molecule has 1 aromatic rings. The molecule has 4 heteroatoms. The second-order valence-corrected chi connectivity index (χ2v) is 4.53. The number of benzene rings is 1. The van der Waals surface area contributed by atoms with E-state index in [1.54, 1.807) is 0 Å². The lowest BCUT2D eigenvalue weighted by molar-refractivity contribution is -0.131. The number of rotatable bonds is 8. The number of para-hydroxylation sites is 1. The first-order chi connectivity index (χ1) is 9.09. The van der Waals surface area contributed by atoms with Gasteiger partial charge in [0.25, 0.3) is 0 Å². The molecule has 0 bridgehead atoms. The van der Waals surface area contributed by atoms with E-state index >= 15 is 0 Å². The summed E-state index contributed by atoms with van der Waals surface area (Å²) in [6.45, 7) is 5.86. The summed E-state index contributed by atoms with van der Waals surface area (Å²) in [5.74, 6) is 0.189. The van der Waals surface area contributed by atoms with Gasteiger partial charge in [-0.15, -0.1) is 0 Å². The Morgan fingerprint density at radius 1 is 1.32 bits per heavy atom. The standard InChI is InChI=1S/C15H20O4/c1-12(2)11-18-9-10-19-14-6-4-3-5-13(14)7-8-15(16)17/h3-8,12H,9-11H2,1-2H3,(H,16,17)/b8-7+. The molecule has 1 aromatic carbocycles. The highest BCUT2D eigenvalue weighted by Crippen LogP contribution is 2.19. The molecule has 0 atom stereocenters. The molecule has 1 rings (SSSR count). The molecule has 19 heavy (non-hydrogen) atoms. The first-order valence-corrected chi connectivity index (χ1v) is 6.30. The van der Waals surface area contributed by atoms with Crippen LogP contribution < -0.4 is 4.74 Å². The molecule has 104 valence electrons. The summed E-state index contributed by atoms with van der Waals surface area (Å²) < 4.78 is 11.0. The smallest absolute Gasteiger partial charge is 0.328 e. The monoisotopic (exact) mass is 264 g/mol. The highest BCUT2D eigenvalue weighted by Gasteiger charge is 2.01. The molecular formula is C15H20O4. The maximum absolute atomic E-state index is 10.5. The number of carboxylic acids is 1. The minimum absolute atomic E-state index is 0.449. The van der Waals surface area contributed by atoms with E-state index in [0.29, 0.717) is 31.5 Å². The van der Waals surface area contributed by atoms with Crippen molar-refractivity contribution in [1.82, 2.24) is 0 Å². The van der Waals surface area contributed by atoms with Gasteiger partial charge in [0.1, 0.15) is 12.4 Å². The van der Waals surface area contributed by atoms with Crippen LogP contribution in [0, 0.1) is 5.92 Å². The molecule has 0 fully saturated rings. The molecule has 0 aromatic heterocycles. The van der Waals surface area contributed by atoms with Crippen LogP contribution in [0.15, 0.2) is 30.3 Å². The van der Waals surface area contributed by atoms with Crippen LogP contribution in [0.25, 0.3) is 6.08 Å². The van der Waals surface area contributed by atoms with Gasteiger partial charge in [0, 0.05) is 18.2 Å². The Morgan fingerprint density at radius 2 is 2.05 bits per heavy atom. The van der Waals surface area contributed by atoms with E-state index in [0.717, 1.165) is 11.6 Å². The number of carboxylic acid groups (broad SMARTS) is 1. The maximum Gasteiger partial charge on any atom is 0.328 e. The molecule has 0 saturated heterocycles. The fourth-order valence-electron chi connectivity index (χ4n) is 1.44. The van der Waals surface area contributed by atoms with E-state index in [-0.39, 0.29) is 0 Å². The third-order valence-corrected chi connectivity index (χ3v) is 2.26. The van der Waals surface area contributed by atoms with Crippen molar-refractivity contribution in [3.05, 3.63) is 35.9 Å². The summed E-state index contributed by atoms with van der Waals surface area (Å²) in [5.41, 5.74) is 0.744. The van der Waals surface area contributed by atoms with E-state index in [1.807, 2.05) is 24.3 Å². The molecule has 0 radical (unpaired) electrons. The van der Waals surface area contributed by atoms with Crippen molar-refractivity contribution in [3.8, 4) is 5.75 Å². The first-order valence-electron chi connectivity index (χ1n) is 6.30. The lowest BCUT2D eigenvalue weighted by Gasteiger charge is -2.10. The van der Waals surface area contributed by atoms with Crippen LogP contribution in [0.2, 0.25) is 0 Å². The zero-order valence-electron chi connectivity index (χ0n) is 11.3. The van der Waals surface area contributed by atoms with E-state index < -0.39 is 5.97 Å². The van der Waals surface area contributed by atoms with E-state index in [2.05, 4.69) is 13.8 Å². The summed E-state index contributed by atoms with van der Waals surface area (Å²) >= 11 is 0. The van der Waals surface area contributed by atoms with Crippen molar-refractivity contribution in [2.45, 2.75) is 13.8 Å². The zero-order chi connectivity index (χ0) is 14.1. The van der Waals surface area contributed by atoms with E-state index in [4.69, 9.17) is 14.6 Å². The van der Waals surface area contributed by atoms with Gasteiger partial charge >= 0.3 is 5.97 Å². The third-order valence-electron chi connectivity index (χ3n) is 2.26. The number of aliphatic carboxylic acids is 1. The summed E-state index contributed by atoms with van der Waals surface area (Å²) in [6.07, 6.45) is 2.62. The Labute approximate surface area is 113 Å². The highest BCUT2D eigenvalue weighted by atomic mass is 16.5. The zero-order valence-corrected chi connectivity index (χ0v) is 11.3. The van der Waals surface area contributed by atoms with Crippen LogP contribution in [0.1, 0.15) is 19.4 Å². The van der Waals surface area contributed by atoms with Crippen LogP contribution in [0.5, 0.6) is 5.75 Å². The number of hydrogen-bond donors (Lipinski definition) is 1. The van der Waals surface area contributed by atoms with Gasteiger partial charge in [-0.05, 0) is 18.1 Å². The second-order valence-electron chi connectivity index (χ2n) is 4.53. The van der Waals surface area contributed by atoms with Gasteiger partial charge in [-0.2, -0.15) is 0 Å². The Bertz CT molecular complexity index is 424. The molecular weight excluding hydrogens is 244 g/mol. The number of hydrogen-bond acceptors (Lipinski definition) is 3. The molecule has 0 saturated carbocycles. The van der Waals surface area contributed by atoms with E-state index in [1.165, 1.54) is 6.08 Å². The topological polar surface area (TPSA) is 55.8 Å². The molecule has 4 nitrogen and oxygen atoms in total. The second kappa shape index (κ2) is 8.32. The van der Waals surface area contributed by atoms with Crippen LogP contribution in [0.3, 0.4) is 0 Å². The number of ether oxygens (including phenoxy) is 2. The first kappa shape index (κ1) is 15.2. The van der Waals surface area contributed by atoms with Gasteiger partial charge < -0.3 is 14.6 Å². The fourth-order valence-corrected chi connectivity index (χ4v) is 1.44. The summed E-state index contributed by atoms with van der Waals surface area (Å²) in [6, 6.07) is 7.31. The Balaban J connectivity index is 2.47. The quantitative estimate of drug-likeness (QED) is 0.579. The van der Waals surface area contributed by atoms with Crippen LogP contribution in [-0.2, 0) is 9.53 Å². The van der Waals surface area contributed by atoms with Gasteiger partial charge in [0.15, 0.2) is 0 Å². The lowest BCUT2D eigenvalue weighted by atomic mass is 10.2. The van der Waals surface area contributed by atoms with Crippen molar-refractivity contribution in [2.24, 2.45) is 5.92 Å². The molecule has 0 unspecified atom stereocenters. The third kappa shape index (κ3) is 6.62. The van der Waals surface area contributed by atoms with Crippen molar-refractivity contribution in [1.29, 1.82) is 0 Å². The average molecular weight is 264 g/mol. The van der Waals surface area contributed by atoms with Crippen molar-refractivity contribution in [3.63, 3.8) is 0 Å². The predicted molar refractivity (Wildman–Crippen MR) is 74.3 cm³/mol. The highest BCUT2D eigenvalue weighted by molar-refractivity contribution is 5.85. The summed E-state index contributed by atoms with van der Waals surface area (Å²) in [5, 5.41) is 8.62. The SMILES string of the molecule is CC(C)COCCOc1ccccc1/C=C/C(=O)O. The molecule has 0 aliphatic carbocycles. The van der Waals surface area contributed by atoms with Crippen molar-refractivity contribution in [2.75, 3.05) is 19.8 Å². The molecule has 0 spiro atoms. The Morgan fingerprint density at radius 3 is 2.74 bits per heavy atom. The normalized spacial score (nSPS) is 11.1. The van der Waals surface area contributed by atoms with Crippen LogP contribution >= 0.6 is 0 Å². The molecule has 0 aliphatic heterocycles. The number of carbonyl (C=O) groups is 1. The summed E-state index contributed by atoms with van der Waals surface area (Å²) in [4.78, 5) is 10.5. The molecule has 1 N–H and O–H groups in total. The van der Waals surface area contributed by atoms with Gasteiger partial charge in [0.05, 0.1) is 6.61 Å². The molecule has 0 amide bonds. The minimum Gasteiger partial charge on any atom is -0.491 e. The fraction of sp³-hybridized carbons (Fsp3) is 0.400. The van der Waals surface area contributed by atoms with Crippen molar-refractivity contribution < 1.29 is 19.4 Å². The van der Waals surface area contributed by atoms with Crippen LogP contribution in [-0.4, -0.2) is 30.9 Å². The van der Waals surface area contributed by atoms with Crippen LogP contribution in [0.4, 0.5) is 0 Å². The van der Waals surface area contributed by atoms with Crippen molar-refractivity contribution >= 4 is 12.0 Å². The molecule has 0 aliphatic rings. The average Bonchev–Trinajstić information content (AvgIpc) is 2.36. The molecule has 0 heterocycles.